The Kier molecular flexibility index (Phi) is 6.73. The highest BCUT2D eigenvalue weighted by atomic mass is 32.2. The summed E-state index contributed by atoms with van der Waals surface area (Å²) in [6.45, 7) is 2.21. The fourth-order valence-corrected chi connectivity index (χ4v) is 4.38. The van der Waals surface area contributed by atoms with Crippen molar-refractivity contribution in [3.05, 3.63) is 24.5 Å². The molecule has 20 heavy (non-hydrogen) atoms. The lowest BCUT2D eigenvalue weighted by atomic mass is 9.95. The van der Waals surface area contributed by atoms with Gasteiger partial charge in [0.05, 0.1) is 5.75 Å². The number of nitrogens with one attached hydrogen (secondary N) is 1. The summed E-state index contributed by atoms with van der Waals surface area (Å²) in [5, 5.41) is 3.92. The van der Waals surface area contributed by atoms with Gasteiger partial charge >= 0.3 is 0 Å². The minimum Gasteiger partial charge on any atom is -0.353 e. The molecule has 0 saturated heterocycles. The predicted octanol–water partition coefficient (Wildman–Crippen LogP) is 3.35. The van der Waals surface area contributed by atoms with E-state index in [1.807, 2.05) is 23.9 Å². The van der Waals surface area contributed by atoms with Crippen LogP contribution < -0.4 is 5.32 Å². The van der Waals surface area contributed by atoms with Gasteiger partial charge in [-0.05, 0) is 37.1 Å². The van der Waals surface area contributed by atoms with E-state index in [-0.39, 0.29) is 5.91 Å². The van der Waals surface area contributed by atoms with E-state index in [1.165, 1.54) is 18.6 Å². The molecule has 0 radical (unpaired) electrons. The Morgan fingerprint density at radius 2 is 2.20 bits per heavy atom. The van der Waals surface area contributed by atoms with Gasteiger partial charge in [0, 0.05) is 28.6 Å². The standard InChI is InChI=1S/C15H22N2OS2/c1-2-19-14-5-3-4-12(10-14)17-15(18)11-20-13-6-8-16-9-7-13/h6-9,12,14H,2-5,10-11H2,1H3,(H,17,18)/t12-,14+/m1/s1. The maximum atomic E-state index is 12.0. The quantitative estimate of drug-likeness (QED) is 0.818. The van der Waals surface area contributed by atoms with Crippen molar-refractivity contribution in [1.82, 2.24) is 10.3 Å². The molecule has 1 aromatic rings. The molecule has 1 heterocycles. The molecule has 2 rings (SSSR count). The molecule has 2 atom stereocenters. The lowest BCUT2D eigenvalue weighted by Crippen LogP contribution is -2.40. The van der Waals surface area contributed by atoms with Crippen molar-refractivity contribution in [3.63, 3.8) is 0 Å². The van der Waals surface area contributed by atoms with Gasteiger partial charge in [0.15, 0.2) is 0 Å². The first kappa shape index (κ1) is 15.7. The molecule has 3 nitrogen and oxygen atoms in total. The monoisotopic (exact) mass is 310 g/mol. The zero-order valence-corrected chi connectivity index (χ0v) is 13.5. The molecular weight excluding hydrogens is 288 g/mol. The maximum absolute atomic E-state index is 12.0. The average molecular weight is 310 g/mol. The number of aromatic nitrogens is 1. The fraction of sp³-hybridized carbons (Fsp3) is 0.600. The van der Waals surface area contributed by atoms with Crippen LogP contribution in [0.5, 0.6) is 0 Å². The average Bonchev–Trinajstić information content (AvgIpc) is 2.47. The molecule has 1 saturated carbocycles. The number of hydrogen-bond acceptors (Lipinski definition) is 4. The highest BCUT2D eigenvalue weighted by Crippen LogP contribution is 2.28. The summed E-state index contributed by atoms with van der Waals surface area (Å²) < 4.78 is 0. The minimum absolute atomic E-state index is 0.152. The zero-order valence-electron chi connectivity index (χ0n) is 11.9. The van der Waals surface area contributed by atoms with Gasteiger partial charge in [-0.1, -0.05) is 13.3 Å². The summed E-state index contributed by atoms with van der Waals surface area (Å²) in [4.78, 5) is 17.1. The second-order valence-corrected chi connectivity index (χ2v) is 7.61. The Morgan fingerprint density at radius 1 is 1.40 bits per heavy atom. The number of carbonyl (C=O) groups excluding carboxylic acids is 1. The normalized spacial score (nSPS) is 22.4. The van der Waals surface area contributed by atoms with E-state index in [2.05, 4.69) is 17.2 Å². The summed E-state index contributed by atoms with van der Waals surface area (Å²) in [6.07, 6.45) is 8.31. The summed E-state index contributed by atoms with van der Waals surface area (Å²) in [5.74, 6) is 1.81. The van der Waals surface area contributed by atoms with Gasteiger partial charge < -0.3 is 5.32 Å². The van der Waals surface area contributed by atoms with Crippen LogP contribution in [0.2, 0.25) is 0 Å². The van der Waals surface area contributed by atoms with Crippen molar-refractivity contribution in [1.29, 1.82) is 0 Å². The topological polar surface area (TPSA) is 42.0 Å². The number of thioether (sulfide) groups is 2. The van der Waals surface area contributed by atoms with E-state index in [4.69, 9.17) is 0 Å². The second-order valence-electron chi connectivity index (χ2n) is 4.98. The Labute approximate surface area is 129 Å². The van der Waals surface area contributed by atoms with Gasteiger partial charge in [-0.15, -0.1) is 11.8 Å². The van der Waals surface area contributed by atoms with Crippen molar-refractivity contribution >= 4 is 29.4 Å². The number of rotatable bonds is 6. The van der Waals surface area contributed by atoms with Crippen LogP contribution in [-0.4, -0.2) is 33.7 Å². The second kappa shape index (κ2) is 8.57. The van der Waals surface area contributed by atoms with Gasteiger partial charge in [0.25, 0.3) is 0 Å². The zero-order chi connectivity index (χ0) is 14.2. The third-order valence-corrected chi connectivity index (χ3v) is 5.66. The predicted molar refractivity (Wildman–Crippen MR) is 87.3 cm³/mol. The summed E-state index contributed by atoms with van der Waals surface area (Å²) in [6, 6.07) is 4.25. The number of amides is 1. The van der Waals surface area contributed by atoms with Gasteiger partial charge in [-0.25, -0.2) is 0 Å². The molecule has 0 aliphatic heterocycles. The number of nitrogens with zero attached hydrogens (tertiary/aromatic N) is 1. The summed E-state index contributed by atoms with van der Waals surface area (Å²) in [5.41, 5.74) is 0. The van der Waals surface area contributed by atoms with E-state index in [0.29, 0.717) is 11.8 Å². The molecule has 0 unspecified atom stereocenters. The van der Waals surface area contributed by atoms with Crippen molar-refractivity contribution < 1.29 is 4.79 Å². The molecule has 0 spiro atoms. The van der Waals surface area contributed by atoms with Crippen LogP contribution >= 0.6 is 23.5 Å². The molecule has 0 aromatic carbocycles. The van der Waals surface area contributed by atoms with E-state index < -0.39 is 0 Å². The van der Waals surface area contributed by atoms with Crippen molar-refractivity contribution in [2.24, 2.45) is 0 Å². The molecule has 1 N–H and O–H groups in total. The number of hydrogen-bond donors (Lipinski definition) is 1. The van der Waals surface area contributed by atoms with E-state index >= 15 is 0 Å². The first-order valence-electron chi connectivity index (χ1n) is 7.21. The largest absolute Gasteiger partial charge is 0.353 e. The summed E-state index contributed by atoms with van der Waals surface area (Å²) >= 11 is 3.60. The fourth-order valence-electron chi connectivity index (χ4n) is 2.52. The molecule has 5 heteroatoms. The smallest absolute Gasteiger partial charge is 0.230 e. The van der Waals surface area contributed by atoms with Crippen LogP contribution in [0.1, 0.15) is 32.6 Å². The lowest BCUT2D eigenvalue weighted by molar-refractivity contribution is -0.119. The highest BCUT2D eigenvalue weighted by Gasteiger charge is 2.22. The van der Waals surface area contributed by atoms with Crippen LogP contribution in [0.25, 0.3) is 0 Å². The molecule has 1 aliphatic rings. The Morgan fingerprint density at radius 3 is 2.95 bits per heavy atom. The van der Waals surface area contributed by atoms with Gasteiger partial charge in [-0.2, -0.15) is 11.8 Å². The van der Waals surface area contributed by atoms with Crippen LogP contribution in [0.3, 0.4) is 0 Å². The maximum Gasteiger partial charge on any atom is 0.230 e. The molecule has 110 valence electrons. The Hall–Kier alpha value is -0.680. The number of pyridine rings is 1. The Bertz CT molecular complexity index is 412. The van der Waals surface area contributed by atoms with E-state index in [0.717, 1.165) is 23.0 Å². The van der Waals surface area contributed by atoms with Crippen LogP contribution in [0.4, 0.5) is 0 Å². The van der Waals surface area contributed by atoms with Gasteiger partial charge in [-0.3, -0.25) is 9.78 Å². The lowest BCUT2D eigenvalue weighted by Gasteiger charge is -2.29. The van der Waals surface area contributed by atoms with Crippen molar-refractivity contribution in [2.45, 2.75) is 48.8 Å². The van der Waals surface area contributed by atoms with Crippen LogP contribution in [0.15, 0.2) is 29.4 Å². The number of carbonyl (C=O) groups is 1. The minimum atomic E-state index is 0.152. The third kappa shape index (κ3) is 5.37. The van der Waals surface area contributed by atoms with E-state index in [9.17, 15) is 4.79 Å². The third-order valence-electron chi connectivity index (χ3n) is 3.41. The van der Waals surface area contributed by atoms with Gasteiger partial charge in [0.1, 0.15) is 0 Å². The summed E-state index contributed by atoms with van der Waals surface area (Å²) in [7, 11) is 0. The molecule has 1 fully saturated rings. The highest BCUT2D eigenvalue weighted by molar-refractivity contribution is 8.00. The first-order chi connectivity index (χ1) is 9.78. The SMILES string of the molecule is CCS[C@H]1CCC[C@@H](NC(=O)CSc2ccncc2)C1. The molecule has 1 amide bonds. The van der Waals surface area contributed by atoms with Crippen LogP contribution in [0, 0.1) is 0 Å². The molecule has 0 bridgehead atoms. The van der Waals surface area contributed by atoms with Crippen LogP contribution in [-0.2, 0) is 4.79 Å². The Balaban J connectivity index is 1.71. The molecular formula is C15H22N2OS2. The van der Waals surface area contributed by atoms with Crippen molar-refractivity contribution in [2.75, 3.05) is 11.5 Å². The van der Waals surface area contributed by atoms with Gasteiger partial charge in [0.2, 0.25) is 5.91 Å². The first-order valence-corrected chi connectivity index (χ1v) is 9.25. The molecule has 1 aromatic heterocycles. The van der Waals surface area contributed by atoms with Crippen molar-refractivity contribution in [3.8, 4) is 0 Å². The molecule has 1 aliphatic carbocycles. The van der Waals surface area contributed by atoms with E-state index in [1.54, 1.807) is 24.2 Å².